The Hall–Kier alpha value is -1.38. The van der Waals surface area contributed by atoms with Gasteiger partial charge in [0.2, 0.25) is 0 Å². The van der Waals surface area contributed by atoms with Gasteiger partial charge in [0.1, 0.15) is 0 Å². The fourth-order valence-electron chi connectivity index (χ4n) is 1.56. The van der Waals surface area contributed by atoms with Crippen molar-refractivity contribution in [2.45, 2.75) is 19.3 Å². The SMILES string of the molecule is O=C1CCCc2c1[nH]ccc2=O. The highest BCUT2D eigenvalue weighted by molar-refractivity contribution is 5.96. The Morgan fingerprint density at radius 1 is 1.25 bits per heavy atom. The first-order valence-corrected chi connectivity index (χ1v) is 4.03. The molecule has 0 amide bonds. The highest BCUT2D eigenvalue weighted by atomic mass is 16.1. The first-order valence-electron chi connectivity index (χ1n) is 4.03. The minimum Gasteiger partial charge on any atom is -0.358 e. The third kappa shape index (κ3) is 0.978. The summed E-state index contributed by atoms with van der Waals surface area (Å²) in [7, 11) is 0. The van der Waals surface area contributed by atoms with Crippen LogP contribution in [0.2, 0.25) is 0 Å². The molecule has 2 rings (SSSR count). The molecule has 0 radical (unpaired) electrons. The lowest BCUT2D eigenvalue weighted by Gasteiger charge is -2.11. The molecule has 1 aromatic heterocycles. The number of pyridine rings is 1. The van der Waals surface area contributed by atoms with Gasteiger partial charge >= 0.3 is 0 Å². The number of fused-ring (bicyclic) bond motifs is 1. The van der Waals surface area contributed by atoms with Gasteiger partial charge in [-0.3, -0.25) is 9.59 Å². The van der Waals surface area contributed by atoms with E-state index in [1.807, 2.05) is 0 Å². The smallest absolute Gasteiger partial charge is 0.185 e. The van der Waals surface area contributed by atoms with Crippen molar-refractivity contribution in [3.63, 3.8) is 0 Å². The molecular weight excluding hydrogens is 154 g/mol. The van der Waals surface area contributed by atoms with Crippen molar-refractivity contribution in [3.05, 3.63) is 33.7 Å². The minimum atomic E-state index is -0.0169. The van der Waals surface area contributed by atoms with Crippen molar-refractivity contribution in [1.82, 2.24) is 4.98 Å². The summed E-state index contributed by atoms with van der Waals surface area (Å²) in [6.07, 6.45) is 3.63. The van der Waals surface area contributed by atoms with Crippen LogP contribution in [0, 0.1) is 0 Å². The van der Waals surface area contributed by atoms with Crippen LogP contribution in [-0.4, -0.2) is 10.8 Å². The number of aromatic nitrogens is 1. The fraction of sp³-hybridized carbons (Fsp3) is 0.333. The van der Waals surface area contributed by atoms with Gasteiger partial charge in [-0.05, 0) is 12.8 Å². The van der Waals surface area contributed by atoms with Crippen LogP contribution < -0.4 is 5.43 Å². The molecule has 1 aliphatic rings. The maximum Gasteiger partial charge on any atom is 0.185 e. The summed E-state index contributed by atoms with van der Waals surface area (Å²) in [5.41, 5.74) is 1.17. The number of rotatable bonds is 0. The third-order valence-electron chi connectivity index (χ3n) is 2.17. The highest BCUT2D eigenvalue weighted by Gasteiger charge is 2.18. The van der Waals surface area contributed by atoms with Crippen LogP contribution in [0.5, 0.6) is 0 Å². The predicted molar refractivity (Wildman–Crippen MR) is 44.3 cm³/mol. The number of hydrogen-bond donors (Lipinski definition) is 1. The molecule has 62 valence electrons. The molecule has 1 heterocycles. The average Bonchev–Trinajstić information content (AvgIpc) is 2.07. The van der Waals surface area contributed by atoms with Crippen LogP contribution in [0.25, 0.3) is 0 Å². The van der Waals surface area contributed by atoms with Crippen LogP contribution in [0.4, 0.5) is 0 Å². The van der Waals surface area contributed by atoms with Gasteiger partial charge in [-0.25, -0.2) is 0 Å². The van der Waals surface area contributed by atoms with E-state index in [-0.39, 0.29) is 11.2 Å². The number of H-pyrrole nitrogens is 1. The molecule has 12 heavy (non-hydrogen) atoms. The molecule has 1 aromatic rings. The third-order valence-corrected chi connectivity index (χ3v) is 2.17. The summed E-state index contributed by atoms with van der Waals surface area (Å²) in [5, 5.41) is 0. The van der Waals surface area contributed by atoms with Gasteiger partial charge in [0, 0.05) is 24.2 Å². The number of nitrogens with one attached hydrogen (secondary N) is 1. The van der Waals surface area contributed by atoms with E-state index >= 15 is 0 Å². The topological polar surface area (TPSA) is 49.9 Å². The molecule has 1 aliphatic carbocycles. The number of Topliss-reactive ketones (excluding diaryl/α,β-unsaturated/α-hetero) is 1. The zero-order valence-corrected chi connectivity index (χ0v) is 6.59. The molecule has 0 aliphatic heterocycles. The first kappa shape index (κ1) is 7.28. The van der Waals surface area contributed by atoms with E-state index < -0.39 is 0 Å². The van der Waals surface area contributed by atoms with Crippen molar-refractivity contribution in [2.24, 2.45) is 0 Å². The zero-order chi connectivity index (χ0) is 8.55. The molecule has 1 N–H and O–H groups in total. The Bertz CT molecular complexity index is 378. The van der Waals surface area contributed by atoms with E-state index in [1.165, 1.54) is 12.3 Å². The molecule has 0 aromatic carbocycles. The van der Waals surface area contributed by atoms with Gasteiger partial charge in [-0.2, -0.15) is 0 Å². The lowest BCUT2D eigenvalue weighted by Crippen LogP contribution is -2.20. The minimum absolute atomic E-state index is 0.0169. The number of ketones is 1. The second-order valence-electron chi connectivity index (χ2n) is 2.97. The van der Waals surface area contributed by atoms with Crippen molar-refractivity contribution in [1.29, 1.82) is 0 Å². The van der Waals surface area contributed by atoms with Crippen molar-refractivity contribution in [3.8, 4) is 0 Å². The van der Waals surface area contributed by atoms with E-state index in [0.29, 0.717) is 17.7 Å². The monoisotopic (exact) mass is 163 g/mol. The zero-order valence-electron chi connectivity index (χ0n) is 6.59. The van der Waals surface area contributed by atoms with Crippen molar-refractivity contribution in [2.75, 3.05) is 0 Å². The first-order chi connectivity index (χ1) is 5.79. The number of hydrogen-bond acceptors (Lipinski definition) is 2. The Balaban J connectivity index is 2.67. The standard InChI is InChI=1S/C9H9NO2/c11-7-4-5-10-9-6(7)2-1-3-8(9)12/h4-5H,1-3H2,(H,10,11). The summed E-state index contributed by atoms with van der Waals surface area (Å²) < 4.78 is 0. The van der Waals surface area contributed by atoms with E-state index in [0.717, 1.165) is 12.8 Å². The lowest BCUT2D eigenvalue weighted by atomic mass is 9.95. The van der Waals surface area contributed by atoms with Gasteiger partial charge in [-0.15, -0.1) is 0 Å². The molecule has 0 unspecified atom stereocenters. The second kappa shape index (κ2) is 2.59. The summed E-state index contributed by atoms with van der Waals surface area (Å²) in [4.78, 5) is 25.3. The van der Waals surface area contributed by atoms with E-state index in [1.54, 1.807) is 0 Å². The average molecular weight is 163 g/mol. The number of carbonyl (C=O) groups excluding carboxylic acids is 1. The molecule has 0 saturated carbocycles. The largest absolute Gasteiger partial charge is 0.358 e. The van der Waals surface area contributed by atoms with Crippen molar-refractivity contribution < 1.29 is 4.79 Å². The normalized spacial score (nSPS) is 15.8. The molecule has 0 atom stereocenters. The summed E-state index contributed by atoms with van der Waals surface area (Å²) in [5.74, 6) is 0.0638. The molecule has 0 saturated heterocycles. The molecule has 3 nitrogen and oxygen atoms in total. The van der Waals surface area contributed by atoms with Crippen molar-refractivity contribution >= 4 is 5.78 Å². The predicted octanol–water partition coefficient (Wildman–Crippen LogP) is 0.894. The van der Waals surface area contributed by atoms with Gasteiger partial charge in [0.25, 0.3) is 0 Å². The summed E-state index contributed by atoms with van der Waals surface area (Å²) >= 11 is 0. The molecule has 0 fully saturated rings. The molecule has 3 heteroatoms. The van der Waals surface area contributed by atoms with Gasteiger partial charge in [-0.1, -0.05) is 0 Å². The Morgan fingerprint density at radius 3 is 2.83 bits per heavy atom. The molecule has 0 bridgehead atoms. The van der Waals surface area contributed by atoms with Gasteiger partial charge in [0.15, 0.2) is 11.2 Å². The molecular formula is C9H9NO2. The highest BCUT2D eigenvalue weighted by Crippen LogP contribution is 2.14. The molecule has 0 spiro atoms. The van der Waals surface area contributed by atoms with Gasteiger partial charge < -0.3 is 4.98 Å². The summed E-state index contributed by atoms with van der Waals surface area (Å²) in [6, 6.07) is 1.47. The Morgan fingerprint density at radius 2 is 2.08 bits per heavy atom. The van der Waals surface area contributed by atoms with E-state index in [9.17, 15) is 9.59 Å². The lowest BCUT2D eigenvalue weighted by molar-refractivity contribution is 0.0967. The van der Waals surface area contributed by atoms with Crippen LogP contribution >= 0.6 is 0 Å². The fourth-order valence-corrected chi connectivity index (χ4v) is 1.56. The summed E-state index contributed by atoms with van der Waals surface area (Å²) in [6.45, 7) is 0. The maximum atomic E-state index is 11.3. The Kier molecular flexibility index (Phi) is 1.57. The van der Waals surface area contributed by atoms with Gasteiger partial charge in [0.05, 0.1) is 5.69 Å². The Labute approximate surface area is 69.4 Å². The maximum absolute atomic E-state index is 11.3. The quantitative estimate of drug-likeness (QED) is 0.617. The van der Waals surface area contributed by atoms with Crippen LogP contribution in [-0.2, 0) is 6.42 Å². The van der Waals surface area contributed by atoms with E-state index in [2.05, 4.69) is 4.98 Å². The second-order valence-corrected chi connectivity index (χ2v) is 2.97. The van der Waals surface area contributed by atoms with Crippen LogP contribution in [0.15, 0.2) is 17.1 Å². The van der Waals surface area contributed by atoms with Crippen LogP contribution in [0.1, 0.15) is 28.9 Å². The van der Waals surface area contributed by atoms with Crippen LogP contribution in [0.3, 0.4) is 0 Å². The number of carbonyl (C=O) groups is 1. The van der Waals surface area contributed by atoms with E-state index in [4.69, 9.17) is 0 Å². The number of aromatic amines is 1.